The average Bonchev–Trinajstić information content (AvgIpc) is 3.39. The van der Waals surface area contributed by atoms with E-state index < -0.39 is 0 Å². The summed E-state index contributed by atoms with van der Waals surface area (Å²) in [6.45, 7) is 0. The maximum absolute atomic E-state index is 12.1. The SMILES string of the molecule is O=C(NN=Cc1cn(-c2ccccc2)nc1-c1cccs1)c1cccnc1. The molecule has 0 atom stereocenters. The summed E-state index contributed by atoms with van der Waals surface area (Å²) in [5.74, 6) is -0.313. The van der Waals surface area contributed by atoms with Crippen molar-refractivity contribution in [3.63, 3.8) is 0 Å². The van der Waals surface area contributed by atoms with E-state index in [9.17, 15) is 4.79 Å². The van der Waals surface area contributed by atoms with Crippen molar-refractivity contribution in [2.75, 3.05) is 0 Å². The Morgan fingerprint density at radius 3 is 2.74 bits per heavy atom. The van der Waals surface area contributed by atoms with Crippen molar-refractivity contribution in [1.82, 2.24) is 20.2 Å². The van der Waals surface area contributed by atoms with E-state index in [1.165, 1.54) is 6.20 Å². The molecule has 0 aliphatic heterocycles. The Morgan fingerprint density at radius 1 is 1.11 bits per heavy atom. The van der Waals surface area contributed by atoms with Crippen LogP contribution in [0.4, 0.5) is 0 Å². The lowest BCUT2D eigenvalue weighted by molar-refractivity contribution is 0.0955. The summed E-state index contributed by atoms with van der Waals surface area (Å²) in [4.78, 5) is 17.1. The summed E-state index contributed by atoms with van der Waals surface area (Å²) < 4.78 is 1.80. The van der Waals surface area contributed by atoms with Crippen LogP contribution >= 0.6 is 11.3 Å². The number of para-hydroxylation sites is 1. The molecule has 0 bridgehead atoms. The molecular formula is C20H15N5OS. The van der Waals surface area contributed by atoms with Gasteiger partial charge < -0.3 is 0 Å². The summed E-state index contributed by atoms with van der Waals surface area (Å²) in [7, 11) is 0. The molecule has 6 nitrogen and oxygen atoms in total. The third kappa shape index (κ3) is 3.83. The van der Waals surface area contributed by atoms with Gasteiger partial charge in [0.05, 0.1) is 22.3 Å². The molecule has 27 heavy (non-hydrogen) atoms. The zero-order chi connectivity index (χ0) is 18.5. The first-order valence-electron chi connectivity index (χ1n) is 8.23. The zero-order valence-electron chi connectivity index (χ0n) is 14.2. The van der Waals surface area contributed by atoms with E-state index in [0.717, 1.165) is 21.8 Å². The zero-order valence-corrected chi connectivity index (χ0v) is 15.0. The van der Waals surface area contributed by atoms with Crippen molar-refractivity contribution < 1.29 is 4.79 Å². The number of benzene rings is 1. The van der Waals surface area contributed by atoms with Gasteiger partial charge in [0, 0.05) is 24.2 Å². The van der Waals surface area contributed by atoms with Gasteiger partial charge in [0.15, 0.2) is 0 Å². The molecule has 0 unspecified atom stereocenters. The Labute approximate surface area is 159 Å². The molecule has 0 saturated carbocycles. The van der Waals surface area contributed by atoms with Crippen LogP contribution in [-0.2, 0) is 0 Å². The van der Waals surface area contributed by atoms with E-state index in [4.69, 9.17) is 5.10 Å². The van der Waals surface area contributed by atoms with E-state index in [-0.39, 0.29) is 5.91 Å². The molecule has 3 aromatic heterocycles. The van der Waals surface area contributed by atoms with Crippen LogP contribution in [0.3, 0.4) is 0 Å². The molecule has 0 saturated heterocycles. The molecule has 0 radical (unpaired) electrons. The van der Waals surface area contributed by atoms with Gasteiger partial charge in [0.2, 0.25) is 0 Å². The number of aromatic nitrogens is 3. The van der Waals surface area contributed by atoms with E-state index in [1.807, 2.05) is 54.0 Å². The number of nitrogens with zero attached hydrogens (tertiary/aromatic N) is 4. The fraction of sp³-hybridized carbons (Fsp3) is 0. The summed E-state index contributed by atoms with van der Waals surface area (Å²) >= 11 is 1.60. The molecule has 7 heteroatoms. The van der Waals surface area contributed by atoms with Crippen LogP contribution in [-0.4, -0.2) is 26.9 Å². The fourth-order valence-corrected chi connectivity index (χ4v) is 3.25. The van der Waals surface area contributed by atoms with Crippen molar-refractivity contribution >= 4 is 23.5 Å². The highest BCUT2D eigenvalue weighted by molar-refractivity contribution is 7.13. The first-order valence-corrected chi connectivity index (χ1v) is 9.11. The maximum atomic E-state index is 12.1. The van der Waals surface area contributed by atoms with Crippen molar-refractivity contribution in [2.24, 2.45) is 5.10 Å². The van der Waals surface area contributed by atoms with Gasteiger partial charge in [0.1, 0.15) is 5.69 Å². The molecule has 3 heterocycles. The Bertz CT molecular complexity index is 1060. The Kier molecular flexibility index (Phi) is 4.84. The van der Waals surface area contributed by atoms with Crippen molar-refractivity contribution in [3.8, 4) is 16.3 Å². The number of hydrogen-bond acceptors (Lipinski definition) is 5. The van der Waals surface area contributed by atoms with E-state index in [2.05, 4.69) is 15.5 Å². The standard InChI is InChI=1S/C20H15N5OS/c26-20(15-6-4-10-21-12-15)23-22-13-16-14-25(17-7-2-1-3-8-17)24-19(16)18-9-5-11-27-18/h1-14H,(H,23,26). The van der Waals surface area contributed by atoms with Gasteiger partial charge in [-0.15, -0.1) is 11.3 Å². The molecule has 4 rings (SSSR count). The fourth-order valence-electron chi connectivity index (χ4n) is 2.52. The van der Waals surface area contributed by atoms with Gasteiger partial charge in [0.25, 0.3) is 5.91 Å². The molecule has 0 fully saturated rings. The maximum Gasteiger partial charge on any atom is 0.272 e. The lowest BCUT2D eigenvalue weighted by Crippen LogP contribution is -2.17. The van der Waals surface area contributed by atoms with E-state index >= 15 is 0 Å². The van der Waals surface area contributed by atoms with Gasteiger partial charge in [-0.3, -0.25) is 9.78 Å². The highest BCUT2D eigenvalue weighted by Gasteiger charge is 2.12. The quantitative estimate of drug-likeness (QED) is 0.428. The van der Waals surface area contributed by atoms with Crippen LogP contribution in [0.2, 0.25) is 0 Å². The van der Waals surface area contributed by atoms with E-state index in [0.29, 0.717) is 5.56 Å². The number of carbonyl (C=O) groups excluding carboxylic acids is 1. The number of carbonyl (C=O) groups is 1. The minimum absolute atomic E-state index is 0.313. The van der Waals surface area contributed by atoms with E-state index in [1.54, 1.807) is 40.6 Å². The largest absolute Gasteiger partial charge is 0.272 e. The third-order valence-corrected chi connectivity index (χ3v) is 4.69. The van der Waals surface area contributed by atoms with Gasteiger partial charge in [-0.25, -0.2) is 10.1 Å². The summed E-state index contributed by atoms with van der Waals surface area (Å²) in [5.41, 5.74) is 5.56. The number of rotatable bonds is 5. The lowest BCUT2D eigenvalue weighted by Gasteiger charge is -1.98. The molecule has 4 aromatic rings. The Morgan fingerprint density at radius 2 is 2.00 bits per heavy atom. The number of nitrogens with one attached hydrogen (secondary N) is 1. The van der Waals surface area contributed by atoms with Gasteiger partial charge in [-0.05, 0) is 35.7 Å². The van der Waals surface area contributed by atoms with Gasteiger partial charge in [-0.2, -0.15) is 10.2 Å². The predicted octanol–water partition coefficient (Wildman–Crippen LogP) is 3.76. The number of hydrazone groups is 1. The molecule has 1 N–H and O–H groups in total. The van der Waals surface area contributed by atoms with Crippen LogP contribution in [0.1, 0.15) is 15.9 Å². The first-order chi connectivity index (χ1) is 13.3. The second-order valence-corrected chi connectivity index (χ2v) is 6.58. The minimum atomic E-state index is -0.313. The molecule has 1 aromatic carbocycles. The van der Waals surface area contributed by atoms with Crippen molar-refractivity contribution in [3.05, 3.63) is 89.7 Å². The summed E-state index contributed by atoms with van der Waals surface area (Å²) in [6.07, 6.45) is 6.61. The molecule has 0 aliphatic carbocycles. The number of thiophene rings is 1. The van der Waals surface area contributed by atoms with Crippen LogP contribution in [0, 0.1) is 0 Å². The Balaban J connectivity index is 1.61. The summed E-state index contributed by atoms with van der Waals surface area (Å²) in [6, 6.07) is 17.2. The molecule has 1 amide bonds. The molecule has 132 valence electrons. The topological polar surface area (TPSA) is 72.2 Å². The van der Waals surface area contributed by atoms with Crippen molar-refractivity contribution in [2.45, 2.75) is 0 Å². The Hall–Kier alpha value is -3.58. The third-order valence-electron chi connectivity index (χ3n) is 3.81. The van der Waals surface area contributed by atoms with Crippen molar-refractivity contribution in [1.29, 1.82) is 0 Å². The highest BCUT2D eigenvalue weighted by atomic mass is 32.1. The molecule has 0 aliphatic rings. The van der Waals surface area contributed by atoms with Crippen LogP contribution < -0.4 is 5.43 Å². The molecule has 0 spiro atoms. The number of amides is 1. The second kappa shape index (κ2) is 7.76. The van der Waals surface area contributed by atoms with Crippen LogP contribution in [0.25, 0.3) is 16.3 Å². The smallest absolute Gasteiger partial charge is 0.267 e. The van der Waals surface area contributed by atoms with Gasteiger partial charge >= 0.3 is 0 Å². The first kappa shape index (κ1) is 16.9. The average molecular weight is 373 g/mol. The van der Waals surface area contributed by atoms with Gasteiger partial charge in [-0.1, -0.05) is 24.3 Å². The predicted molar refractivity (Wildman–Crippen MR) is 106 cm³/mol. The lowest BCUT2D eigenvalue weighted by atomic mass is 10.2. The van der Waals surface area contributed by atoms with Crippen LogP contribution in [0.15, 0.2) is 83.7 Å². The number of pyridine rings is 1. The number of hydrogen-bond donors (Lipinski definition) is 1. The van der Waals surface area contributed by atoms with Crippen LogP contribution in [0.5, 0.6) is 0 Å². The summed E-state index contributed by atoms with van der Waals surface area (Å²) in [5, 5.41) is 10.8. The normalized spacial score (nSPS) is 11.0. The minimum Gasteiger partial charge on any atom is -0.267 e. The second-order valence-electron chi connectivity index (χ2n) is 5.63. The monoisotopic (exact) mass is 373 g/mol. The molecular weight excluding hydrogens is 358 g/mol. The highest BCUT2D eigenvalue weighted by Crippen LogP contribution is 2.26.